The van der Waals surface area contributed by atoms with Crippen molar-refractivity contribution in [3.8, 4) is 6.07 Å². The Hall–Kier alpha value is -2.19. The van der Waals surface area contributed by atoms with Crippen LogP contribution in [0.2, 0.25) is 0 Å². The number of nitriles is 1. The van der Waals surface area contributed by atoms with Crippen molar-refractivity contribution < 1.29 is 4.39 Å². The number of likely N-dealkylation sites (tertiary alicyclic amines) is 1. The predicted molar refractivity (Wildman–Crippen MR) is 107 cm³/mol. The molecule has 1 saturated heterocycles. The zero-order chi connectivity index (χ0) is 19.8. The molecule has 1 aliphatic rings. The summed E-state index contributed by atoms with van der Waals surface area (Å²) in [5.41, 5.74) is 2.66. The van der Waals surface area contributed by atoms with Gasteiger partial charge in [-0.1, -0.05) is 26.8 Å². The van der Waals surface area contributed by atoms with Gasteiger partial charge in [0.05, 0.1) is 11.6 Å². The molecule has 5 heteroatoms. The second-order valence-electron chi connectivity index (χ2n) is 8.68. The van der Waals surface area contributed by atoms with Crippen molar-refractivity contribution >= 4 is 10.9 Å². The maximum atomic E-state index is 14.6. The topological polar surface area (TPSA) is 59.9 Å². The minimum absolute atomic E-state index is 0.115. The van der Waals surface area contributed by atoms with Crippen molar-refractivity contribution in [2.24, 2.45) is 5.41 Å². The standard InChI is InChI=1S/C22H28FN3O/c1-14-16-8-7-15(13-24)12-19(16)25-21(27)17(14)9-11-26-10-5-6-18(23)20(26)22(2,3)4/h7-8,12,18,20H,5-6,9-11H2,1-4H3,(H,25,27). The van der Waals surface area contributed by atoms with Gasteiger partial charge in [-0.2, -0.15) is 5.26 Å². The van der Waals surface area contributed by atoms with Gasteiger partial charge in [-0.25, -0.2) is 4.39 Å². The first-order chi connectivity index (χ1) is 12.7. The van der Waals surface area contributed by atoms with E-state index >= 15 is 0 Å². The Balaban J connectivity index is 1.88. The SMILES string of the molecule is Cc1c(CCN2CCCC(F)C2C(C)(C)C)c(=O)[nH]c2cc(C#N)ccc12. The molecule has 1 aromatic heterocycles. The first-order valence-corrected chi connectivity index (χ1v) is 9.66. The van der Waals surface area contributed by atoms with Crippen LogP contribution in [0.1, 0.15) is 50.3 Å². The molecule has 0 bridgehead atoms. The van der Waals surface area contributed by atoms with E-state index in [1.807, 2.05) is 13.0 Å². The van der Waals surface area contributed by atoms with Crippen molar-refractivity contribution in [3.05, 3.63) is 45.2 Å². The Bertz CT molecular complexity index is 935. The molecule has 3 rings (SSSR count). The predicted octanol–water partition coefficient (Wildman–Crippen LogP) is 4.10. The molecular weight excluding hydrogens is 341 g/mol. The first-order valence-electron chi connectivity index (χ1n) is 9.66. The Morgan fingerprint density at radius 1 is 1.37 bits per heavy atom. The number of nitrogens with one attached hydrogen (secondary N) is 1. The van der Waals surface area contributed by atoms with E-state index in [1.165, 1.54) is 0 Å². The Morgan fingerprint density at radius 2 is 2.11 bits per heavy atom. The van der Waals surface area contributed by atoms with Crippen LogP contribution in [0.5, 0.6) is 0 Å². The highest BCUT2D eigenvalue weighted by molar-refractivity contribution is 5.84. The fourth-order valence-corrected chi connectivity index (χ4v) is 4.49. The number of aryl methyl sites for hydroxylation is 1. The van der Waals surface area contributed by atoms with E-state index in [0.29, 0.717) is 30.5 Å². The molecule has 2 heterocycles. The molecule has 27 heavy (non-hydrogen) atoms. The number of aromatic amines is 1. The van der Waals surface area contributed by atoms with Gasteiger partial charge in [0, 0.05) is 29.1 Å². The molecule has 144 valence electrons. The summed E-state index contributed by atoms with van der Waals surface area (Å²) in [7, 11) is 0. The van der Waals surface area contributed by atoms with Gasteiger partial charge in [-0.05, 0) is 55.8 Å². The van der Waals surface area contributed by atoms with E-state index in [0.717, 1.165) is 29.5 Å². The fraction of sp³-hybridized carbons (Fsp3) is 0.545. The minimum Gasteiger partial charge on any atom is -0.322 e. The Kier molecular flexibility index (Phi) is 5.39. The molecule has 1 aromatic carbocycles. The number of rotatable bonds is 3. The van der Waals surface area contributed by atoms with Crippen molar-refractivity contribution in [1.29, 1.82) is 5.26 Å². The van der Waals surface area contributed by atoms with Crippen molar-refractivity contribution in [1.82, 2.24) is 9.88 Å². The van der Waals surface area contributed by atoms with E-state index < -0.39 is 6.17 Å². The third kappa shape index (κ3) is 3.91. The lowest BCUT2D eigenvalue weighted by molar-refractivity contribution is 0.000529. The van der Waals surface area contributed by atoms with Gasteiger partial charge in [-0.15, -0.1) is 0 Å². The average Bonchev–Trinajstić information content (AvgIpc) is 2.59. The fourth-order valence-electron chi connectivity index (χ4n) is 4.49. The summed E-state index contributed by atoms with van der Waals surface area (Å²) < 4.78 is 14.6. The number of fused-ring (bicyclic) bond motifs is 1. The maximum Gasteiger partial charge on any atom is 0.251 e. The summed E-state index contributed by atoms with van der Waals surface area (Å²) in [6.07, 6.45) is 1.25. The number of nitrogens with zero attached hydrogens (tertiary/aromatic N) is 2. The molecule has 0 spiro atoms. The Morgan fingerprint density at radius 3 is 2.78 bits per heavy atom. The van der Waals surface area contributed by atoms with Gasteiger partial charge in [0.2, 0.25) is 0 Å². The molecule has 2 unspecified atom stereocenters. The van der Waals surface area contributed by atoms with Crippen LogP contribution in [0.15, 0.2) is 23.0 Å². The molecule has 2 atom stereocenters. The zero-order valence-electron chi connectivity index (χ0n) is 16.6. The highest BCUT2D eigenvalue weighted by Crippen LogP contribution is 2.34. The van der Waals surface area contributed by atoms with Crippen LogP contribution in [0.4, 0.5) is 4.39 Å². The summed E-state index contributed by atoms with van der Waals surface area (Å²) in [6, 6.07) is 7.35. The molecule has 1 aliphatic heterocycles. The van der Waals surface area contributed by atoms with Gasteiger partial charge >= 0.3 is 0 Å². The van der Waals surface area contributed by atoms with E-state index in [9.17, 15) is 9.18 Å². The van der Waals surface area contributed by atoms with Crippen LogP contribution in [-0.4, -0.2) is 35.2 Å². The molecule has 0 amide bonds. The van der Waals surface area contributed by atoms with Gasteiger partial charge in [0.15, 0.2) is 0 Å². The second-order valence-corrected chi connectivity index (χ2v) is 8.68. The van der Waals surface area contributed by atoms with Gasteiger partial charge < -0.3 is 4.98 Å². The molecule has 1 fully saturated rings. The second kappa shape index (κ2) is 7.44. The van der Waals surface area contributed by atoms with Crippen LogP contribution >= 0.6 is 0 Å². The van der Waals surface area contributed by atoms with E-state index in [2.05, 4.69) is 36.7 Å². The number of piperidine rings is 1. The van der Waals surface area contributed by atoms with Crippen molar-refractivity contribution in [2.75, 3.05) is 13.1 Å². The lowest BCUT2D eigenvalue weighted by Crippen LogP contribution is -2.54. The van der Waals surface area contributed by atoms with Gasteiger partial charge in [-0.3, -0.25) is 9.69 Å². The van der Waals surface area contributed by atoms with Crippen LogP contribution in [0.25, 0.3) is 10.9 Å². The number of H-pyrrole nitrogens is 1. The highest BCUT2D eigenvalue weighted by atomic mass is 19.1. The van der Waals surface area contributed by atoms with Crippen LogP contribution < -0.4 is 5.56 Å². The third-order valence-corrected chi connectivity index (χ3v) is 5.73. The van der Waals surface area contributed by atoms with E-state index in [-0.39, 0.29) is 17.0 Å². The van der Waals surface area contributed by atoms with Gasteiger partial charge in [0.25, 0.3) is 5.56 Å². The van der Waals surface area contributed by atoms with E-state index in [4.69, 9.17) is 5.26 Å². The maximum absolute atomic E-state index is 14.6. The van der Waals surface area contributed by atoms with Crippen molar-refractivity contribution in [3.63, 3.8) is 0 Å². The van der Waals surface area contributed by atoms with E-state index in [1.54, 1.807) is 12.1 Å². The number of hydrogen-bond donors (Lipinski definition) is 1. The average molecular weight is 369 g/mol. The van der Waals surface area contributed by atoms with Crippen LogP contribution in [0, 0.1) is 23.7 Å². The lowest BCUT2D eigenvalue weighted by atomic mass is 9.79. The normalized spacial score (nSPS) is 21.3. The summed E-state index contributed by atoms with van der Waals surface area (Å²) in [6.45, 7) is 9.76. The number of aromatic nitrogens is 1. The monoisotopic (exact) mass is 369 g/mol. The number of benzene rings is 1. The summed E-state index contributed by atoms with van der Waals surface area (Å²) in [5, 5.41) is 10.0. The summed E-state index contributed by atoms with van der Waals surface area (Å²) >= 11 is 0. The smallest absolute Gasteiger partial charge is 0.251 e. The molecule has 0 saturated carbocycles. The van der Waals surface area contributed by atoms with Crippen LogP contribution in [-0.2, 0) is 6.42 Å². The first kappa shape index (κ1) is 19.6. The molecule has 2 aromatic rings. The largest absolute Gasteiger partial charge is 0.322 e. The minimum atomic E-state index is -0.820. The third-order valence-electron chi connectivity index (χ3n) is 5.73. The lowest BCUT2D eigenvalue weighted by Gasteiger charge is -2.45. The van der Waals surface area contributed by atoms with Gasteiger partial charge in [0.1, 0.15) is 6.17 Å². The molecular formula is C22H28FN3O. The Labute approximate surface area is 160 Å². The quantitative estimate of drug-likeness (QED) is 0.886. The number of alkyl halides is 1. The van der Waals surface area contributed by atoms with Crippen LogP contribution in [0.3, 0.4) is 0 Å². The number of halogens is 1. The number of pyridine rings is 1. The molecule has 0 radical (unpaired) electrons. The molecule has 4 nitrogen and oxygen atoms in total. The highest BCUT2D eigenvalue weighted by Gasteiger charge is 2.39. The molecule has 1 N–H and O–H groups in total. The summed E-state index contributed by atoms with van der Waals surface area (Å²) in [5.74, 6) is 0. The summed E-state index contributed by atoms with van der Waals surface area (Å²) in [4.78, 5) is 17.8. The zero-order valence-corrected chi connectivity index (χ0v) is 16.6. The van der Waals surface area contributed by atoms with Crippen molar-refractivity contribution in [2.45, 2.75) is 59.2 Å². The number of hydrogen-bond acceptors (Lipinski definition) is 3. The molecule has 0 aliphatic carbocycles.